The van der Waals surface area contributed by atoms with Crippen LogP contribution in [-0.4, -0.2) is 29.0 Å². The molecule has 0 atom stereocenters. The molecule has 148 valence electrons. The van der Waals surface area contributed by atoms with Crippen LogP contribution in [0.25, 0.3) is 0 Å². The smallest absolute Gasteiger partial charge is 0.255 e. The second-order valence-electron chi connectivity index (χ2n) is 7.19. The molecule has 1 fully saturated rings. The van der Waals surface area contributed by atoms with Crippen LogP contribution in [0.15, 0.2) is 67.1 Å². The van der Waals surface area contributed by atoms with E-state index in [1.54, 1.807) is 30.7 Å². The predicted molar refractivity (Wildman–Crippen MR) is 116 cm³/mol. The van der Waals surface area contributed by atoms with E-state index in [9.17, 15) is 4.79 Å². The molecule has 0 saturated carbocycles. The van der Waals surface area contributed by atoms with Crippen molar-refractivity contribution in [1.82, 2.24) is 9.97 Å². The molecular formula is C23H25N5O. The summed E-state index contributed by atoms with van der Waals surface area (Å²) in [5, 5.41) is 6.21. The molecule has 2 N–H and O–H groups in total. The van der Waals surface area contributed by atoms with Gasteiger partial charge in [0, 0.05) is 55.2 Å². The fourth-order valence-corrected chi connectivity index (χ4v) is 3.47. The first-order chi connectivity index (χ1) is 14.3. The number of pyridine rings is 2. The third kappa shape index (κ3) is 5.10. The first-order valence-electron chi connectivity index (χ1n) is 10.0. The molecule has 2 aromatic heterocycles. The maximum atomic E-state index is 12.6. The van der Waals surface area contributed by atoms with Crippen molar-refractivity contribution in [2.45, 2.75) is 25.8 Å². The Bertz CT molecular complexity index is 937. The van der Waals surface area contributed by atoms with Gasteiger partial charge in [-0.25, -0.2) is 4.98 Å². The minimum Gasteiger partial charge on any atom is -0.372 e. The van der Waals surface area contributed by atoms with Crippen molar-refractivity contribution in [3.05, 3.63) is 78.2 Å². The summed E-state index contributed by atoms with van der Waals surface area (Å²) in [7, 11) is 0. The van der Waals surface area contributed by atoms with E-state index in [-0.39, 0.29) is 5.91 Å². The van der Waals surface area contributed by atoms with Crippen LogP contribution in [0.1, 0.15) is 35.2 Å². The number of anilines is 3. The van der Waals surface area contributed by atoms with Gasteiger partial charge in [0.05, 0.1) is 0 Å². The normalized spacial score (nSPS) is 13.7. The lowest BCUT2D eigenvalue weighted by molar-refractivity contribution is 0.102. The maximum absolute atomic E-state index is 12.6. The molecule has 1 amide bonds. The zero-order valence-corrected chi connectivity index (χ0v) is 16.3. The Labute approximate surface area is 171 Å². The molecule has 6 heteroatoms. The van der Waals surface area contributed by atoms with E-state index in [0.717, 1.165) is 24.3 Å². The van der Waals surface area contributed by atoms with Gasteiger partial charge in [0.2, 0.25) is 0 Å². The number of hydrogen-bond donors (Lipinski definition) is 2. The molecule has 6 nitrogen and oxygen atoms in total. The Morgan fingerprint density at radius 2 is 1.69 bits per heavy atom. The van der Waals surface area contributed by atoms with Crippen LogP contribution in [0, 0.1) is 0 Å². The molecule has 1 saturated heterocycles. The molecule has 0 unspecified atom stereocenters. The first kappa shape index (κ1) is 18.9. The van der Waals surface area contributed by atoms with E-state index in [0.29, 0.717) is 17.9 Å². The van der Waals surface area contributed by atoms with Crippen LogP contribution in [0.5, 0.6) is 0 Å². The van der Waals surface area contributed by atoms with Gasteiger partial charge in [-0.2, -0.15) is 0 Å². The lowest BCUT2D eigenvalue weighted by Gasteiger charge is -2.28. The molecule has 1 aromatic carbocycles. The van der Waals surface area contributed by atoms with Crippen LogP contribution >= 0.6 is 0 Å². The van der Waals surface area contributed by atoms with Crippen LogP contribution < -0.4 is 15.5 Å². The summed E-state index contributed by atoms with van der Waals surface area (Å²) < 4.78 is 0. The molecule has 29 heavy (non-hydrogen) atoms. The molecule has 4 rings (SSSR count). The zero-order valence-electron chi connectivity index (χ0n) is 16.3. The van der Waals surface area contributed by atoms with Gasteiger partial charge in [-0.15, -0.1) is 0 Å². The standard InChI is InChI=1S/C23H25N5O/c29-23(27-20-4-6-21(7-5-20)28-14-2-1-3-15-28)19-10-13-25-22(16-19)26-17-18-8-11-24-12-9-18/h4-13,16H,1-3,14-15,17H2,(H,25,26)(H,27,29). The molecule has 0 aliphatic carbocycles. The number of hydrogen-bond acceptors (Lipinski definition) is 5. The summed E-state index contributed by atoms with van der Waals surface area (Å²) in [6.45, 7) is 2.84. The van der Waals surface area contributed by atoms with Crippen molar-refractivity contribution in [2.75, 3.05) is 28.6 Å². The maximum Gasteiger partial charge on any atom is 0.255 e. The number of piperidine rings is 1. The Kier molecular flexibility index (Phi) is 6.00. The SMILES string of the molecule is O=C(Nc1ccc(N2CCCCC2)cc1)c1ccnc(NCc2ccncc2)c1. The zero-order chi connectivity index (χ0) is 19.9. The summed E-state index contributed by atoms with van der Waals surface area (Å²) in [5.41, 5.74) is 3.68. The second-order valence-corrected chi connectivity index (χ2v) is 7.19. The van der Waals surface area contributed by atoms with Crippen molar-refractivity contribution >= 4 is 23.1 Å². The number of nitrogens with one attached hydrogen (secondary N) is 2. The molecule has 1 aliphatic rings. The van der Waals surface area contributed by atoms with E-state index in [1.165, 1.54) is 24.9 Å². The summed E-state index contributed by atoms with van der Waals surface area (Å²) in [6, 6.07) is 15.4. The van der Waals surface area contributed by atoms with Gasteiger partial charge >= 0.3 is 0 Å². The van der Waals surface area contributed by atoms with Crippen LogP contribution in [-0.2, 0) is 6.54 Å². The molecule has 3 heterocycles. The van der Waals surface area contributed by atoms with Crippen LogP contribution in [0.4, 0.5) is 17.2 Å². The van der Waals surface area contributed by atoms with Gasteiger partial charge in [0.1, 0.15) is 5.82 Å². The van der Waals surface area contributed by atoms with Gasteiger partial charge in [0.15, 0.2) is 0 Å². The summed E-state index contributed by atoms with van der Waals surface area (Å²) >= 11 is 0. The number of amides is 1. The monoisotopic (exact) mass is 387 g/mol. The van der Waals surface area contributed by atoms with Crippen LogP contribution in [0.3, 0.4) is 0 Å². The highest BCUT2D eigenvalue weighted by Gasteiger charge is 2.12. The van der Waals surface area contributed by atoms with E-state index in [1.807, 2.05) is 24.3 Å². The number of rotatable bonds is 6. The Morgan fingerprint density at radius 3 is 2.45 bits per heavy atom. The third-order valence-electron chi connectivity index (χ3n) is 5.09. The van der Waals surface area contributed by atoms with Crippen molar-refractivity contribution in [2.24, 2.45) is 0 Å². The Hall–Kier alpha value is -3.41. The van der Waals surface area contributed by atoms with E-state index in [4.69, 9.17) is 0 Å². The minimum absolute atomic E-state index is 0.148. The number of carbonyl (C=O) groups excluding carboxylic acids is 1. The highest BCUT2D eigenvalue weighted by atomic mass is 16.1. The third-order valence-corrected chi connectivity index (χ3v) is 5.09. The van der Waals surface area contributed by atoms with Gasteiger partial charge in [0.25, 0.3) is 5.91 Å². The van der Waals surface area contributed by atoms with Gasteiger partial charge in [-0.3, -0.25) is 9.78 Å². The molecule has 1 aliphatic heterocycles. The summed E-state index contributed by atoms with van der Waals surface area (Å²) in [5.74, 6) is 0.514. The number of benzene rings is 1. The fraction of sp³-hybridized carbons (Fsp3) is 0.261. The molecular weight excluding hydrogens is 362 g/mol. The molecule has 0 spiro atoms. The van der Waals surface area contributed by atoms with Crippen molar-refractivity contribution in [3.63, 3.8) is 0 Å². The van der Waals surface area contributed by atoms with E-state index >= 15 is 0 Å². The summed E-state index contributed by atoms with van der Waals surface area (Å²) in [4.78, 5) is 23.3. The molecule has 0 bridgehead atoms. The fourth-order valence-electron chi connectivity index (χ4n) is 3.47. The number of nitrogens with zero attached hydrogens (tertiary/aromatic N) is 3. The summed E-state index contributed by atoms with van der Waals surface area (Å²) in [6.07, 6.45) is 8.96. The average molecular weight is 387 g/mol. The van der Waals surface area contributed by atoms with Gasteiger partial charge in [-0.05, 0) is 73.4 Å². The highest BCUT2D eigenvalue weighted by Crippen LogP contribution is 2.22. The van der Waals surface area contributed by atoms with Crippen LogP contribution in [0.2, 0.25) is 0 Å². The van der Waals surface area contributed by atoms with Gasteiger partial charge in [-0.1, -0.05) is 0 Å². The lowest BCUT2D eigenvalue weighted by Crippen LogP contribution is -2.29. The molecule has 3 aromatic rings. The average Bonchev–Trinajstić information content (AvgIpc) is 2.80. The van der Waals surface area contributed by atoms with Gasteiger partial charge < -0.3 is 15.5 Å². The Balaban J connectivity index is 1.36. The van der Waals surface area contributed by atoms with E-state index in [2.05, 4.69) is 37.6 Å². The second kappa shape index (κ2) is 9.19. The Morgan fingerprint density at radius 1 is 0.931 bits per heavy atom. The molecule has 0 radical (unpaired) electrons. The quantitative estimate of drug-likeness (QED) is 0.659. The lowest BCUT2D eigenvalue weighted by atomic mass is 10.1. The first-order valence-corrected chi connectivity index (χ1v) is 10.0. The topological polar surface area (TPSA) is 70.2 Å². The van der Waals surface area contributed by atoms with E-state index < -0.39 is 0 Å². The predicted octanol–water partition coefficient (Wildman–Crippen LogP) is 4.33. The van der Waals surface area contributed by atoms with Crippen molar-refractivity contribution < 1.29 is 4.79 Å². The van der Waals surface area contributed by atoms with Crippen molar-refractivity contribution in [3.8, 4) is 0 Å². The number of aromatic nitrogens is 2. The largest absolute Gasteiger partial charge is 0.372 e. The minimum atomic E-state index is -0.148. The number of carbonyl (C=O) groups is 1. The highest BCUT2D eigenvalue weighted by molar-refractivity contribution is 6.04. The van der Waals surface area contributed by atoms with Crippen molar-refractivity contribution in [1.29, 1.82) is 0 Å².